The number of hydrogen-bond donors (Lipinski definition) is 7. The number of ether oxygens (including phenoxy) is 1. The molecule has 0 aromatic carbocycles. The van der Waals surface area contributed by atoms with Gasteiger partial charge in [-0.15, -0.1) is 0 Å². The van der Waals surface area contributed by atoms with Crippen LogP contribution < -0.4 is 5.32 Å². The summed E-state index contributed by atoms with van der Waals surface area (Å²) >= 11 is 0. The van der Waals surface area contributed by atoms with Gasteiger partial charge in [0.15, 0.2) is 0 Å². The molecule has 7 N–H and O–H groups in total. The summed E-state index contributed by atoms with van der Waals surface area (Å²) in [4.78, 5) is 37.0. The Morgan fingerprint density at radius 1 is 1.37 bits per heavy atom. The number of rotatable bonds is 10. The summed E-state index contributed by atoms with van der Waals surface area (Å²) in [5.41, 5.74) is 0. The Kier molecular flexibility index (Phi) is 8.29. The van der Waals surface area contributed by atoms with Gasteiger partial charge in [0, 0.05) is 6.04 Å². The van der Waals surface area contributed by atoms with Gasteiger partial charge in [-0.2, -0.15) is 0 Å². The molecule has 9 nitrogen and oxygen atoms in total. The second kappa shape index (κ2) is 8.55. The maximum absolute atomic E-state index is 10.7. The lowest BCUT2D eigenvalue weighted by molar-refractivity contribution is -0.142. The standard InChI is InChI=1S/C9H21NO8Si/c1-2-8(10-7(3-11)9(13)14)18-4-6(12)5-19(15,16)17/h6-8,10-12,15-17H,2-5H2,1H3,(H,13,14). The van der Waals surface area contributed by atoms with Gasteiger partial charge < -0.3 is 34.4 Å². The average Bonchev–Trinajstić information content (AvgIpc) is 2.26. The molecule has 3 atom stereocenters. The van der Waals surface area contributed by atoms with Gasteiger partial charge in [0.05, 0.1) is 19.3 Å². The monoisotopic (exact) mass is 299 g/mol. The van der Waals surface area contributed by atoms with Crippen molar-refractivity contribution in [1.82, 2.24) is 5.32 Å². The van der Waals surface area contributed by atoms with Gasteiger partial charge in [0.2, 0.25) is 0 Å². The highest BCUT2D eigenvalue weighted by molar-refractivity contribution is 6.56. The van der Waals surface area contributed by atoms with Crippen molar-refractivity contribution < 1.29 is 39.2 Å². The molecule has 0 aliphatic heterocycles. The normalized spacial score (nSPS) is 16.9. The molecule has 0 bridgehead atoms. The number of aliphatic hydroxyl groups is 2. The molecule has 0 rings (SSSR count). The van der Waals surface area contributed by atoms with Crippen molar-refractivity contribution in [2.75, 3.05) is 13.2 Å². The lowest BCUT2D eigenvalue weighted by Crippen LogP contribution is -2.47. The number of carboxylic acids is 1. The molecule has 0 fully saturated rings. The molecule has 0 amide bonds. The van der Waals surface area contributed by atoms with Crippen molar-refractivity contribution in [1.29, 1.82) is 0 Å². The van der Waals surface area contributed by atoms with E-state index in [1.54, 1.807) is 6.92 Å². The van der Waals surface area contributed by atoms with E-state index in [1.165, 1.54) is 0 Å². The Balaban J connectivity index is 4.16. The fourth-order valence-electron chi connectivity index (χ4n) is 1.31. The highest BCUT2D eigenvalue weighted by Gasteiger charge is 2.31. The SMILES string of the molecule is CCC(NC(CO)C(=O)O)OCC(O)C[Si](O)(O)O. The molecule has 0 aromatic rings. The van der Waals surface area contributed by atoms with Gasteiger partial charge in [0.1, 0.15) is 12.3 Å². The fraction of sp³-hybridized carbons (Fsp3) is 0.889. The molecule has 0 aromatic heterocycles. The minimum absolute atomic E-state index is 0.306. The summed E-state index contributed by atoms with van der Waals surface area (Å²) in [6, 6.07) is -1.78. The van der Waals surface area contributed by atoms with E-state index in [0.717, 1.165) is 0 Å². The third kappa shape index (κ3) is 9.02. The summed E-state index contributed by atoms with van der Waals surface area (Å²) < 4.78 is 5.13. The Labute approximate surface area is 111 Å². The van der Waals surface area contributed by atoms with Crippen LogP contribution in [0, 0.1) is 0 Å². The molecule has 3 unspecified atom stereocenters. The fourth-order valence-corrected chi connectivity index (χ4v) is 2.06. The molecule has 0 aliphatic carbocycles. The van der Waals surface area contributed by atoms with Crippen LogP contribution in [0.5, 0.6) is 0 Å². The van der Waals surface area contributed by atoms with Crippen LogP contribution in [0.15, 0.2) is 0 Å². The predicted molar refractivity (Wildman–Crippen MR) is 64.9 cm³/mol. The second-order valence-corrected chi connectivity index (χ2v) is 6.06. The van der Waals surface area contributed by atoms with Crippen molar-refractivity contribution in [2.45, 2.75) is 37.8 Å². The highest BCUT2D eigenvalue weighted by Crippen LogP contribution is 2.05. The van der Waals surface area contributed by atoms with Crippen LogP contribution in [0.25, 0.3) is 0 Å². The maximum Gasteiger partial charge on any atom is 0.495 e. The molecule has 0 saturated heterocycles. The molecule has 0 heterocycles. The summed E-state index contributed by atoms with van der Waals surface area (Å²) in [7, 11) is -4.34. The Bertz CT molecular complexity index is 271. The van der Waals surface area contributed by atoms with Crippen LogP contribution in [0.4, 0.5) is 0 Å². The molecule has 0 spiro atoms. The average molecular weight is 299 g/mol. The molecular weight excluding hydrogens is 278 g/mol. The van der Waals surface area contributed by atoms with E-state index < -0.39 is 45.8 Å². The van der Waals surface area contributed by atoms with Gasteiger partial charge in [0.25, 0.3) is 0 Å². The largest absolute Gasteiger partial charge is 0.495 e. The van der Waals surface area contributed by atoms with Gasteiger partial charge in [-0.05, 0) is 6.42 Å². The zero-order valence-corrected chi connectivity index (χ0v) is 11.6. The summed E-state index contributed by atoms with van der Waals surface area (Å²) in [6.07, 6.45) is -1.63. The topological polar surface area (TPSA) is 160 Å². The highest BCUT2D eigenvalue weighted by atomic mass is 28.4. The zero-order chi connectivity index (χ0) is 15.1. The summed E-state index contributed by atoms with van der Waals surface area (Å²) in [6.45, 7) is 0.779. The van der Waals surface area contributed by atoms with Gasteiger partial charge in [-0.1, -0.05) is 6.92 Å². The number of aliphatic carboxylic acids is 1. The predicted octanol–water partition coefficient (Wildman–Crippen LogP) is -2.95. The lowest BCUT2D eigenvalue weighted by Gasteiger charge is -2.23. The number of nitrogens with one attached hydrogen (secondary N) is 1. The summed E-state index contributed by atoms with van der Waals surface area (Å²) in [5.74, 6) is -1.24. The molecule has 0 saturated carbocycles. The molecule has 0 aliphatic rings. The molecule has 114 valence electrons. The number of aliphatic hydroxyl groups excluding tert-OH is 2. The zero-order valence-electron chi connectivity index (χ0n) is 10.6. The first-order valence-electron chi connectivity index (χ1n) is 5.76. The van der Waals surface area contributed by atoms with Gasteiger partial charge >= 0.3 is 14.8 Å². The van der Waals surface area contributed by atoms with Crippen LogP contribution in [0.3, 0.4) is 0 Å². The lowest BCUT2D eigenvalue weighted by atomic mass is 10.3. The maximum atomic E-state index is 10.7. The number of carbonyl (C=O) groups is 1. The van der Waals surface area contributed by atoms with E-state index in [-0.39, 0.29) is 6.61 Å². The van der Waals surface area contributed by atoms with Crippen LogP contribution in [0.2, 0.25) is 6.04 Å². The van der Waals surface area contributed by atoms with Crippen LogP contribution >= 0.6 is 0 Å². The number of carboxylic acid groups (broad SMARTS) is 1. The van der Waals surface area contributed by atoms with E-state index in [4.69, 9.17) is 29.3 Å². The minimum atomic E-state index is -4.34. The Morgan fingerprint density at radius 3 is 2.32 bits per heavy atom. The van der Waals surface area contributed by atoms with Gasteiger partial charge in [-0.25, -0.2) is 0 Å². The molecule has 10 heteroatoms. The first-order chi connectivity index (χ1) is 8.69. The van der Waals surface area contributed by atoms with Gasteiger partial charge in [-0.3, -0.25) is 10.1 Å². The molecular formula is C9H21NO8Si. The van der Waals surface area contributed by atoms with Crippen LogP contribution in [0.1, 0.15) is 13.3 Å². The first-order valence-corrected chi connectivity index (χ1v) is 7.81. The van der Waals surface area contributed by atoms with Crippen LogP contribution in [-0.2, 0) is 9.53 Å². The van der Waals surface area contributed by atoms with Crippen molar-refractivity contribution in [3.05, 3.63) is 0 Å². The van der Waals surface area contributed by atoms with E-state index in [0.29, 0.717) is 6.42 Å². The van der Waals surface area contributed by atoms with E-state index in [1.807, 2.05) is 0 Å². The van der Waals surface area contributed by atoms with Crippen molar-refractivity contribution >= 4 is 14.8 Å². The Hall–Kier alpha value is -0.593. The van der Waals surface area contributed by atoms with E-state index >= 15 is 0 Å². The minimum Gasteiger partial charge on any atom is -0.480 e. The van der Waals surface area contributed by atoms with Crippen LogP contribution in [-0.4, -0.2) is 76.1 Å². The van der Waals surface area contributed by atoms with Crippen molar-refractivity contribution in [3.8, 4) is 0 Å². The summed E-state index contributed by atoms with van der Waals surface area (Å²) in [5, 5.41) is 29.4. The second-order valence-electron chi connectivity index (χ2n) is 4.10. The van der Waals surface area contributed by atoms with Crippen molar-refractivity contribution in [3.63, 3.8) is 0 Å². The molecule has 19 heavy (non-hydrogen) atoms. The quantitative estimate of drug-likeness (QED) is 0.165. The number of hydrogen-bond acceptors (Lipinski definition) is 8. The third-order valence-corrected chi connectivity index (χ3v) is 3.26. The molecule has 0 radical (unpaired) electrons. The third-order valence-electron chi connectivity index (χ3n) is 2.24. The van der Waals surface area contributed by atoms with E-state index in [9.17, 15) is 9.90 Å². The van der Waals surface area contributed by atoms with Crippen molar-refractivity contribution in [2.24, 2.45) is 0 Å². The van der Waals surface area contributed by atoms with E-state index in [2.05, 4.69) is 5.32 Å². The first kappa shape index (κ1) is 18.4. The Morgan fingerprint density at radius 2 is 1.95 bits per heavy atom. The smallest absolute Gasteiger partial charge is 0.480 e.